The smallest absolute Gasteiger partial charge is 0.314 e. The molecule has 0 saturated carbocycles. The highest BCUT2D eigenvalue weighted by atomic mass is 19.4. The Hall–Kier alpha value is -0.290. The molecular formula is C9H17F3N2. The molecule has 1 saturated heterocycles. The van der Waals surface area contributed by atoms with Crippen LogP contribution in [0.25, 0.3) is 0 Å². The van der Waals surface area contributed by atoms with E-state index in [2.05, 4.69) is 5.32 Å². The largest absolute Gasteiger partial charge is 0.390 e. The van der Waals surface area contributed by atoms with Gasteiger partial charge in [0, 0.05) is 32.2 Å². The summed E-state index contributed by atoms with van der Waals surface area (Å²) in [5.41, 5.74) is 0. The Morgan fingerprint density at radius 3 is 2.71 bits per heavy atom. The molecule has 5 heteroatoms. The summed E-state index contributed by atoms with van der Waals surface area (Å²) in [6, 6.07) is 0.270. The van der Waals surface area contributed by atoms with Crippen molar-refractivity contribution in [3.63, 3.8) is 0 Å². The van der Waals surface area contributed by atoms with Crippen molar-refractivity contribution in [2.24, 2.45) is 0 Å². The van der Waals surface area contributed by atoms with Crippen LogP contribution in [0.2, 0.25) is 0 Å². The monoisotopic (exact) mass is 210 g/mol. The van der Waals surface area contributed by atoms with E-state index in [1.54, 1.807) is 0 Å². The number of halogens is 3. The normalized spacial score (nSPS) is 25.3. The maximum absolute atomic E-state index is 12.0. The second-order valence-electron chi connectivity index (χ2n) is 3.67. The van der Waals surface area contributed by atoms with Crippen LogP contribution in [0.15, 0.2) is 0 Å². The molecule has 1 N–H and O–H groups in total. The summed E-state index contributed by atoms with van der Waals surface area (Å²) in [4.78, 5) is 1.93. The third-order valence-corrected chi connectivity index (χ3v) is 2.63. The van der Waals surface area contributed by atoms with E-state index in [0.717, 1.165) is 26.1 Å². The van der Waals surface area contributed by atoms with Crippen LogP contribution in [-0.4, -0.2) is 43.3 Å². The number of nitrogens with zero attached hydrogens (tertiary/aromatic N) is 1. The summed E-state index contributed by atoms with van der Waals surface area (Å²) in [5.74, 6) is 0. The van der Waals surface area contributed by atoms with E-state index >= 15 is 0 Å². The number of piperazine rings is 1. The molecular weight excluding hydrogens is 193 g/mol. The highest BCUT2D eigenvalue weighted by Gasteiger charge is 2.30. The minimum absolute atomic E-state index is 0.143. The molecule has 84 valence electrons. The molecule has 1 unspecified atom stereocenters. The molecule has 0 amide bonds. The molecule has 0 aromatic carbocycles. The van der Waals surface area contributed by atoms with E-state index < -0.39 is 12.6 Å². The third kappa shape index (κ3) is 3.84. The van der Waals surface area contributed by atoms with Gasteiger partial charge in [0.15, 0.2) is 0 Å². The van der Waals surface area contributed by atoms with E-state index in [1.807, 2.05) is 11.8 Å². The van der Waals surface area contributed by atoms with Gasteiger partial charge in [0.25, 0.3) is 0 Å². The number of alkyl halides is 3. The van der Waals surface area contributed by atoms with E-state index in [9.17, 15) is 13.2 Å². The molecule has 1 fully saturated rings. The summed E-state index contributed by atoms with van der Waals surface area (Å²) >= 11 is 0. The van der Waals surface area contributed by atoms with Crippen LogP contribution in [0.4, 0.5) is 13.2 Å². The fourth-order valence-electron chi connectivity index (χ4n) is 1.77. The summed E-state index contributed by atoms with van der Waals surface area (Å²) < 4.78 is 36.0. The molecule has 0 spiro atoms. The molecule has 0 bridgehead atoms. The van der Waals surface area contributed by atoms with Gasteiger partial charge in [-0.2, -0.15) is 13.2 Å². The Morgan fingerprint density at radius 1 is 1.43 bits per heavy atom. The minimum Gasteiger partial charge on any atom is -0.314 e. The standard InChI is InChI=1S/C9H17F3N2/c1-2-8-7-13-4-6-14(8)5-3-9(10,11)12/h8,13H,2-7H2,1H3. The fourth-order valence-corrected chi connectivity index (χ4v) is 1.77. The van der Waals surface area contributed by atoms with Gasteiger partial charge in [0.2, 0.25) is 0 Å². The summed E-state index contributed by atoms with van der Waals surface area (Å²) in [7, 11) is 0. The maximum Gasteiger partial charge on any atom is 0.390 e. The molecule has 1 rings (SSSR count). The number of hydrogen-bond donors (Lipinski definition) is 1. The van der Waals surface area contributed by atoms with Crippen LogP contribution in [0, 0.1) is 0 Å². The van der Waals surface area contributed by atoms with Crippen molar-refractivity contribution in [1.29, 1.82) is 0 Å². The first-order valence-corrected chi connectivity index (χ1v) is 5.04. The molecule has 1 aliphatic rings. The van der Waals surface area contributed by atoms with Crippen LogP contribution in [0.5, 0.6) is 0 Å². The van der Waals surface area contributed by atoms with Gasteiger partial charge in [-0.15, -0.1) is 0 Å². The molecule has 1 heterocycles. The lowest BCUT2D eigenvalue weighted by Gasteiger charge is -2.35. The molecule has 0 radical (unpaired) electrons. The SMILES string of the molecule is CCC1CNCCN1CCC(F)(F)F. The van der Waals surface area contributed by atoms with Gasteiger partial charge >= 0.3 is 6.18 Å². The lowest BCUT2D eigenvalue weighted by atomic mass is 10.1. The van der Waals surface area contributed by atoms with Crippen molar-refractivity contribution in [1.82, 2.24) is 10.2 Å². The first-order chi connectivity index (χ1) is 6.53. The topological polar surface area (TPSA) is 15.3 Å². The second-order valence-corrected chi connectivity index (χ2v) is 3.67. The van der Waals surface area contributed by atoms with Crippen LogP contribution < -0.4 is 5.32 Å². The van der Waals surface area contributed by atoms with E-state index in [-0.39, 0.29) is 12.6 Å². The molecule has 14 heavy (non-hydrogen) atoms. The summed E-state index contributed by atoms with van der Waals surface area (Å²) in [6.07, 6.45) is -3.81. The zero-order valence-corrected chi connectivity index (χ0v) is 8.40. The van der Waals surface area contributed by atoms with Crippen molar-refractivity contribution >= 4 is 0 Å². The highest BCUT2D eigenvalue weighted by Crippen LogP contribution is 2.21. The van der Waals surface area contributed by atoms with Crippen LogP contribution in [0.1, 0.15) is 19.8 Å². The number of hydrogen-bond acceptors (Lipinski definition) is 2. The zero-order valence-electron chi connectivity index (χ0n) is 8.40. The average molecular weight is 210 g/mol. The lowest BCUT2D eigenvalue weighted by molar-refractivity contribution is -0.139. The third-order valence-electron chi connectivity index (χ3n) is 2.63. The van der Waals surface area contributed by atoms with Crippen molar-refractivity contribution in [2.45, 2.75) is 32.0 Å². The van der Waals surface area contributed by atoms with E-state index in [1.165, 1.54) is 0 Å². The van der Waals surface area contributed by atoms with Gasteiger partial charge in [-0.1, -0.05) is 6.92 Å². The van der Waals surface area contributed by atoms with Gasteiger partial charge < -0.3 is 5.32 Å². The van der Waals surface area contributed by atoms with Gasteiger partial charge in [-0.05, 0) is 6.42 Å². The van der Waals surface area contributed by atoms with Gasteiger partial charge in [-0.25, -0.2) is 0 Å². The van der Waals surface area contributed by atoms with Gasteiger partial charge in [0.05, 0.1) is 6.42 Å². The van der Waals surface area contributed by atoms with E-state index in [0.29, 0.717) is 0 Å². The molecule has 2 nitrogen and oxygen atoms in total. The Kier molecular flexibility index (Phi) is 4.19. The molecule has 1 atom stereocenters. The number of nitrogens with one attached hydrogen (secondary N) is 1. The lowest BCUT2D eigenvalue weighted by Crippen LogP contribution is -2.51. The second kappa shape index (κ2) is 4.98. The van der Waals surface area contributed by atoms with Crippen molar-refractivity contribution in [3.8, 4) is 0 Å². The quantitative estimate of drug-likeness (QED) is 0.761. The highest BCUT2D eigenvalue weighted by molar-refractivity contribution is 4.78. The fraction of sp³-hybridized carbons (Fsp3) is 1.00. The Labute approximate surface area is 82.5 Å². The van der Waals surface area contributed by atoms with Crippen molar-refractivity contribution in [2.75, 3.05) is 26.2 Å². The maximum atomic E-state index is 12.0. The molecule has 0 aliphatic carbocycles. The zero-order chi connectivity index (χ0) is 10.6. The predicted octanol–water partition coefficient (Wildman–Crippen LogP) is 1.62. The first-order valence-electron chi connectivity index (χ1n) is 5.04. The average Bonchev–Trinajstić information content (AvgIpc) is 2.14. The van der Waals surface area contributed by atoms with Crippen LogP contribution in [-0.2, 0) is 0 Å². The van der Waals surface area contributed by atoms with Gasteiger partial charge in [-0.3, -0.25) is 4.90 Å². The Balaban J connectivity index is 2.33. The Bertz CT molecular complexity index is 170. The summed E-state index contributed by atoms with van der Waals surface area (Å²) in [6.45, 7) is 4.50. The predicted molar refractivity (Wildman–Crippen MR) is 49.2 cm³/mol. The molecule has 0 aromatic rings. The van der Waals surface area contributed by atoms with Crippen LogP contribution >= 0.6 is 0 Å². The molecule has 1 aliphatic heterocycles. The van der Waals surface area contributed by atoms with E-state index in [4.69, 9.17) is 0 Å². The van der Waals surface area contributed by atoms with Crippen molar-refractivity contribution in [3.05, 3.63) is 0 Å². The summed E-state index contributed by atoms with van der Waals surface area (Å²) in [5, 5.41) is 3.19. The molecule has 0 aromatic heterocycles. The van der Waals surface area contributed by atoms with Gasteiger partial charge in [0.1, 0.15) is 0 Å². The van der Waals surface area contributed by atoms with Crippen LogP contribution in [0.3, 0.4) is 0 Å². The Morgan fingerprint density at radius 2 is 2.14 bits per heavy atom. The minimum atomic E-state index is -4.02. The number of rotatable bonds is 3. The van der Waals surface area contributed by atoms with Crippen molar-refractivity contribution < 1.29 is 13.2 Å². The first kappa shape index (κ1) is 11.8.